The summed E-state index contributed by atoms with van der Waals surface area (Å²) in [6, 6.07) is 14.4. The van der Waals surface area contributed by atoms with Crippen LogP contribution in [0.25, 0.3) is 0 Å². The molecule has 0 spiro atoms. The number of anilines is 1. The molecule has 0 radical (unpaired) electrons. The third-order valence-electron chi connectivity index (χ3n) is 3.07. The van der Waals surface area contributed by atoms with Crippen LogP contribution in [0.15, 0.2) is 53.0 Å². The summed E-state index contributed by atoms with van der Waals surface area (Å²) >= 11 is 28.7. The molecule has 0 saturated carbocycles. The van der Waals surface area contributed by atoms with Crippen molar-refractivity contribution >= 4 is 102 Å². The van der Waals surface area contributed by atoms with Crippen molar-refractivity contribution in [1.29, 1.82) is 0 Å². The first-order valence-corrected chi connectivity index (χ1v) is 10.5. The van der Waals surface area contributed by atoms with Crippen molar-refractivity contribution in [3.63, 3.8) is 0 Å². The van der Waals surface area contributed by atoms with Gasteiger partial charge in [-0.25, -0.2) is 0 Å². The minimum Gasteiger partial charge on any atom is -0.339 e. The molecule has 0 aliphatic rings. The van der Waals surface area contributed by atoms with Gasteiger partial charge in [0.2, 0.25) is 3.79 Å². The summed E-state index contributed by atoms with van der Waals surface area (Å²) in [6.45, 7) is 0. The van der Waals surface area contributed by atoms with Crippen LogP contribution in [-0.4, -0.2) is 21.0 Å². The molecule has 3 N–H and O–H groups in total. The van der Waals surface area contributed by atoms with Crippen LogP contribution in [0.3, 0.4) is 0 Å². The van der Waals surface area contributed by atoms with E-state index >= 15 is 0 Å². The van der Waals surface area contributed by atoms with E-state index in [9.17, 15) is 4.79 Å². The number of carbonyl (C=O) groups is 1. The largest absolute Gasteiger partial charge is 0.339 e. The van der Waals surface area contributed by atoms with E-state index < -0.39 is 15.9 Å². The van der Waals surface area contributed by atoms with Crippen LogP contribution in [0, 0.1) is 3.57 Å². The third kappa shape index (κ3) is 7.01. The van der Waals surface area contributed by atoms with Gasteiger partial charge in [0.15, 0.2) is 5.11 Å². The molecule has 2 rings (SSSR count). The smallest absolute Gasteiger partial charge is 0.253 e. The molecule has 0 fully saturated rings. The highest BCUT2D eigenvalue weighted by atomic mass is 127. The first-order chi connectivity index (χ1) is 12.1. The molecule has 4 nitrogen and oxygen atoms in total. The van der Waals surface area contributed by atoms with Gasteiger partial charge in [-0.15, -0.1) is 0 Å². The molecular weight excluding hydrogens is 595 g/mol. The summed E-state index contributed by atoms with van der Waals surface area (Å²) in [4.78, 5) is 12.4. The van der Waals surface area contributed by atoms with E-state index in [-0.39, 0.29) is 5.11 Å². The summed E-state index contributed by atoms with van der Waals surface area (Å²) < 4.78 is 0.0372. The van der Waals surface area contributed by atoms with Crippen LogP contribution in [0.5, 0.6) is 0 Å². The number of thiocarbonyl (C=S) groups is 1. The number of rotatable bonds is 4. The monoisotopic (exact) mass is 605 g/mol. The van der Waals surface area contributed by atoms with E-state index in [4.69, 9.17) is 47.0 Å². The van der Waals surface area contributed by atoms with Crippen LogP contribution in [0.4, 0.5) is 5.69 Å². The zero-order valence-corrected chi connectivity index (χ0v) is 19.7. The molecule has 0 unspecified atom stereocenters. The van der Waals surface area contributed by atoms with E-state index in [2.05, 4.69) is 54.5 Å². The lowest BCUT2D eigenvalue weighted by Crippen LogP contribution is -2.56. The molecule has 0 bridgehead atoms. The topological polar surface area (TPSA) is 53.2 Å². The number of carbonyl (C=O) groups excluding carboxylic acids is 1. The van der Waals surface area contributed by atoms with E-state index in [0.29, 0.717) is 5.56 Å². The average molecular weight is 608 g/mol. The van der Waals surface area contributed by atoms with Gasteiger partial charge < -0.3 is 16.0 Å². The number of hydrogen-bond donors (Lipinski definition) is 3. The molecule has 10 heteroatoms. The molecule has 0 saturated heterocycles. The van der Waals surface area contributed by atoms with Crippen molar-refractivity contribution in [2.45, 2.75) is 9.96 Å². The molecule has 0 aliphatic heterocycles. The van der Waals surface area contributed by atoms with Crippen molar-refractivity contribution < 1.29 is 4.79 Å². The van der Waals surface area contributed by atoms with Crippen LogP contribution in [-0.2, 0) is 0 Å². The first-order valence-electron chi connectivity index (χ1n) is 7.11. The second kappa shape index (κ2) is 9.75. The lowest BCUT2D eigenvalue weighted by atomic mass is 10.2. The molecule has 0 aliphatic carbocycles. The van der Waals surface area contributed by atoms with Crippen LogP contribution in [0.1, 0.15) is 10.4 Å². The maximum Gasteiger partial charge on any atom is 0.253 e. The molecule has 2 aromatic carbocycles. The number of benzene rings is 2. The van der Waals surface area contributed by atoms with Crippen molar-refractivity contribution in [3.8, 4) is 0 Å². The minimum atomic E-state index is -1.82. The fourth-order valence-electron chi connectivity index (χ4n) is 1.88. The lowest BCUT2D eigenvalue weighted by Gasteiger charge is -2.27. The summed E-state index contributed by atoms with van der Waals surface area (Å²) in [7, 11) is 0. The van der Waals surface area contributed by atoms with Crippen molar-refractivity contribution in [3.05, 3.63) is 62.1 Å². The zero-order valence-electron chi connectivity index (χ0n) is 12.9. The molecule has 0 aromatic heterocycles. The summed E-state index contributed by atoms with van der Waals surface area (Å²) in [6.07, 6.45) is -1.03. The highest BCUT2D eigenvalue weighted by Crippen LogP contribution is 2.29. The van der Waals surface area contributed by atoms with Gasteiger partial charge in [0.05, 0.1) is 0 Å². The Balaban J connectivity index is 2.06. The zero-order chi connectivity index (χ0) is 19.3. The van der Waals surface area contributed by atoms with Gasteiger partial charge >= 0.3 is 0 Å². The Bertz CT molecular complexity index is 802. The maximum absolute atomic E-state index is 12.4. The SMILES string of the molecule is O=C(N[C@H](NC(=S)Nc1ccc(Br)cc1)C(Cl)(Cl)Cl)c1cccc(I)c1. The maximum atomic E-state index is 12.4. The Hall–Kier alpha value is -0.320. The molecule has 1 atom stereocenters. The quantitative estimate of drug-likeness (QED) is 0.187. The predicted molar refractivity (Wildman–Crippen MR) is 124 cm³/mol. The van der Waals surface area contributed by atoms with Gasteiger partial charge in [-0.1, -0.05) is 56.8 Å². The van der Waals surface area contributed by atoms with Gasteiger partial charge in [-0.05, 0) is 77.3 Å². The molecule has 0 heterocycles. The Labute approximate surface area is 193 Å². The van der Waals surface area contributed by atoms with Gasteiger partial charge in [0.25, 0.3) is 5.91 Å². The Morgan fingerprint density at radius 3 is 2.35 bits per heavy atom. The Morgan fingerprint density at radius 2 is 1.77 bits per heavy atom. The van der Waals surface area contributed by atoms with Gasteiger partial charge in [-0.3, -0.25) is 4.79 Å². The number of nitrogens with one attached hydrogen (secondary N) is 3. The standard InChI is InChI=1S/C16H12BrCl3IN3OS/c17-10-4-6-12(7-5-10)22-15(26)24-14(16(18,19)20)23-13(25)9-2-1-3-11(21)8-9/h1-8,14H,(H,23,25)(H2,22,24,26)/t14-/m1/s1. The van der Waals surface area contributed by atoms with Crippen molar-refractivity contribution in [2.24, 2.45) is 0 Å². The third-order valence-corrected chi connectivity index (χ3v) is 5.14. The summed E-state index contributed by atoms with van der Waals surface area (Å²) in [5.41, 5.74) is 1.20. The van der Waals surface area contributed by atoms with Crippen LogP contribution in [0.2, 0.25) is 0 Å². The molecule has 2 aromatic rings. The van der Waals surface area contributed by atoms with E-state index in [1.54, 1.807) is 18.2 Å². The Morgan fingerprint density at radius 1 is 1.12 bits per heavy atom. The van der Waals surface area contributed by atoms with Crippen LogP contribution < -0.4 is 16.0 Å². The van der Waals surface area contributed by atoms with Gasteiger partial charge in [0.1, 0.15) is 6.17 Å². The van der Waals surface area contributed by atoms with Gasteiger partial charge in [0, 0.05) is 19.3 Å². The second-order valence-corrected chi connectivity index (χ2v) is 10.0. The molecule has 1 amide bonds. The normalized spacial score (nSPS) is 12.2. The minimum absolute atomic E-state index is 0.201. The molecule has 138 valence electrons. The van der Waals surface area contributed by atoms with Gasteiger partial charge in [-0.2, -0.15) is 0 Å². The average Bonchev–Trinajstić information content (AvgIpc) is 2.55. The fourth-order valence-corrected chi connectivity index (χ4v) is 3.25. The lowest BCUT2D eigenvalue weighted by molar-refractivity contribution is 0.0934. The van der Waals surface area contributed by atoms with Crippen molar-refractivity contribution in [2.75, 3.05) is 5.32 Å². The van der Waals surface area contributed by atoms with E-state index in [1.165, 1.54) is 0 Å². The number of halogens is 5. The summed E-state index contributed by atoms with van der Waals surface area (Å²) in [5.74, 6) is -0.390. The summed E-state index contributed by atoms with van der Waals surface area (Å²) in [5, 5.41) is 8.62. The van der Waals surface area contributed by atoms with Crippen molar-refractivity contribution in [1.82, 2.24) is 10.6 Å². The Kier molecular flexibility index (Phi) is 8.24. The highest BCUT2D eigenvalue weighted by molar-refractivity contribution is 14.1. The van der Waals surface area contributed by atoms with E-state index in [1.807, 2.05) is 30.3 Å². The predicted octanol–water partition coefficient (Wildman–Crippen LogP) is 5.47. The number of hydrogen-bond acceptors (Lipinski definition) is 2. The highest BCUT2D eigenvalue weighted by Gasteiger charge is 2.34. The first kappa shape index (κ1) is 22.0. The number of amides is 1. The number of alkyl halides is 3. The van der Waals surface area contributed by atoms with Crippen LogP contribution >= 0.6 is 85.5 Å². The fraction of sp³-hybridized carbons (Fsp3) is 0.125. The molecule has 26 heavy (non-hydrogen) atoms. The second-order valence-electron chi connectivity index (χ2n) is 5.06. The van der Waals surface area contributed by atoms with E-state index in [0.717, 1.165) is 13.7 Å². The molecular formula is C16H12BrCl3IN3OS.